The van der Waals surface area contributed by atoms with Gasteiger partial charge in [0.1, 0.15) is 11.5 Å². The van der Waals surface area contributed by atoms with Gasteiger partial charge in [-0.25, -0.2) is 15.0 Å². The first-order valence-corrected chi connectivity index (χ1v) is 19.3. The molecule has 2 heterocycles. The fraction of sp³-hybridized carbons (Fsp3) is 0.0189. The van der Waals surface area contributed by atoms with E-state index in [0.717, 1.165) is 61.6 Å². The topological polar surface area (TPSA) is 71.7 Å². The number of benzene rings is 8. The van der Waals surface area contributed by atoms with Crippen molar-refractivity contribution in [3.05, 3.63) is 222 Å². The van der Waals surface area contributed by atoms with Gasteiger partial charge in [0, 0.05) is 27.8 Å². The van der Waals surface area contributed by atoms with Gasteiger partial charge in [0.05, 0.1) is 17.0 Å². The molecule has 0 atom stereocenters. The summed E-state index contributed by atoms with van der Waals surface area (Å²) < 4.78 is 6.60. The van der Waals surface area contributed by atoms with Gasteiger partial charge >= 0.3 is 0 Å². The zero-order chi connectivity index (χ0) is 38.6. The zero-order valence-corrected chi connectivity index (χ0v) is 31.2. The van der Waals surface area contributed by atoms with Gasteiger partial charge in [-0.05, 0) is 93.0 Å². The lowest BCUT2D eigenvalue weighted by Crippen LogP contribution is -2.32. The second-order valence-corrected chi connectivity index (χ2v) is 14.7. The van der Waals surface area contributed by atoms with Crippen LogP contribution in [0.1, 0.15) is 27.8 Å². The van der Waals surface area contributed by atoms with Crippen LogP contribution in [0.15, 0.2) is 194 Å². The Morgan fingerprint density at radius 3 is 1.43 bits per heavy atom. The molecule has 1 aromatic heterocycles. The number of rotatable bonds is 5. The molecule has 11 rings (SSSR count). The highest BCUT2D eigenvalue weighted by atomic mass is 16.5. The van der Waals surface area contributed by atoms with E-state index in [2.05, 4.69) is 103 Å². The second-order valence-electron chi connectivity index (χ2n) is 14.7. The molecule has 5 nitrogen and oxygen atoms in total. The highest BCUT2D eigenvalue weighted by molar-refractivity contribution is 5.91. The molecule has 0 bridgehead atoms. The number of aromatic nitrogens is 3. The molecule has 1 aliphatic carbocycles. The third-order valence-electron chi connectivity index (χ3n) is 11.4. The first-order chi connectivity index (χ1) is 28.7. The van der Waals surface area contributed by atoms with Crippen molar-refractivity contribution >= 4 is 0 Å². The molecule has 270 valence electrons. The molecule has 2 aliphatic rings. The number of para-hydroxylation sites is 2. The summed E-state index contributed by atoms with van der Waals surface area (Å²) in [6.07, 6.45) is 0. The maximum atomic E-state index is 9.61. The van der Waals surface area contributed by atoms with Crippen LogP contribution in [0, 0.1) is 11.3 Å². The molecule has 0 N–H and O–H groups in total. The SMILES string of the molecule is N#Cc1ccc(-c2cc(-c3ccc4c(c3)C3(c5ccccc5Oc5ccccc53)c3ccccc3-4)cc(-c3nc(-c4ccccc4)nc(-c4ccccc4)n3)c2)cc1. The molecule has 0 amide bonds. The van der Waals surface area contributed by atoms with E-state index in [1.165, 1.54) is 22.3 Å². The number of nitriles is 1. The van der Waals surface area contributed by atoms with Gasteiger partial charge in [-0.2, -0.15) is 5.26 Å². The molecular weight excluding hydrogens is 709 g/mol. The van der Waals surface area contributed by atoms with Crippen molar-refractivity contribution < 1.29 is 4.74 Å². The molecule has 1 spiro atoms. The number of ether oxygens (including phenoxy) is 1. The van der Waals surface area contributed by atoms with E-state index in [9.17, 15) is 5.26 Å². The van der Waals surface area contributed by atoms with Crippen LogP contribution in [-0.4, -0.2) is 15.0 Å². The maximum absolute atomic E-state index is 9.61. The molecule has 1 aliphatic heterocycles. The van der Waals surface area contributed by atoms with Crippen molar-refractivity contribution in [1.29, 1.82) is 5.26 Å². The Hall–Kier alpha value is -7.94. The number of nitrogens with zero attached hydrogens (tertiary/aromatic N) is 4. The summed E-state index contributed by atoms with van der Waals surface area (Å²) in [5.74, 6) is 3.49. The molecule has 0 saturated carbocycles. The monoisotopic (exact) mass is 740 g/mol. The largest absolute Gasteiger partial charge is 0.457 e. The minimum atomic E-state index is -0.593. The molecule has 8 aromatic carbocycles. The predicted molar refractivity (Wildman–Crippen MR) is 229 cm³/mol. The zero-order valence-electron chi connectivity index (χ0n) is 31.2. The quantitative estimate of drug-likeness (QED) is 0.176. The standard InChI is InChI=1S/C53H32N4O/c54-33-34-23-25-35(26-24-34)39-29-40(31-41(30-39)52-56-50(36-13-3-1-4-14-36)55-51(57-52)37-15-5-2-6-16-37)38-27-28-43-42-17-7-8-18-44(42)53(47(43)32-38)45-19-9-11-21-48(45)58-49-22-12-10-20-46(49)53/h1-32H. The normalized spacial score (nSPS) is 12.7. The summed E-state index contributed by atoms with van der Waals surface area (Å²) in [6, 6.07) is 69.2. The summed E-state index contributed by atoms with van der Waals surface area (Å²) in [6.45, 7) is 0. The van der Waals surface area contributed by atoms with Crippen molar-refractivity contribution in [3.8, 4) is 85.1 Å². The molecule has 0 saturated heterocycles. The molecular formula is C53H32N4O. The Kier molecular flexibility index (Phi) is 7.70. The van der Waals surface area contributed by atoms with Crippen molar-refractivity contribution in [2.75, 3.05) is 0 Å². The van der Waals surface area contributed by atoms with Crippen molar-refractivity contribution in [2.24, 2.45) is 0 Å². The lowest BCUT2D eigenvalue weighted by atomic mass is 9.66. The molecule has 58 heavy (non-hydrogen) atoms. The fourth-order valence-electron chi connectivity index (χ4n) is 8.80. The third kappa shape index (κ3) is 5.27. The van der Waals surface area contributed by atoms with Crippen LogP contribution in [0.2, 0.25) is 0 Å². The van der Waals surface area contributed by atoms with Gasteiger partial charge in [-0.3, -0.25) is 0 Å². The Morgan fingerprint density at radius 2 is 0.828 bits per heavy atom. The van der Waals surface area contributed by atoms with E-state index in [0.29, 0.717) is 23.0 Å². The van der Waals surface area contributed by atoms with Crippen LogP contribution in [0.5, 0.6) is 11.5 Å². The highest BCUT2D eigenvalue weighted by Crippen LogP contribution is 2.62. The Morgan fingerprint density at radius 1 is 0.362 bits per heavy atom. The molecule has 0 radical (unpaired) electrons. The fourth-order valence-corrected chi connectivity index (χ4v) is 8.80. The van der Waals surface area contributed by atoms with Crippen LogP contribution < -0.4 is 4.74 Å². The van der Waals surface area contributed by atoms with Crippen LogP contribution in [0.3, 0.4) is 0 Å². The van der Waals surface area contributed by atoms with Gasteiger partial charge < -0.3 is 4.74 Å². The van der Waals surface area contributed by atoms with Gasteiger partial charge in [0.25, 0.3) is 0 Å². The minimum absolute atomic E-state index is 0.571. The Bertz CT molecular complexity index is 2990. The summed E-state index contributed by atoms with van der Waals surface area (Å²) in [5, 5.41) is 9.61. The first kappa shape index (κ1) is 33.4. The summed E-state index contributed by atoms with van der Waals surface area (Å²) in [5.41, 5.74) is 13.8. The predicted octanol–water partition coefficient (Wildman–Crippen LogP) is 12.5. The first-order valence-electron chi connectivity index (χ1n) is 19.3. The summed E-state index contributed by atoms with van der Waals surface area (Å²) in [7, 11) is 0. The number of hydrogen-bond donors (Lipinski definition) is 0. The maximum Gasteiger partial charge on any atom is 0.164 e. The Labute approximate surface area is 336 Å². The average Bonchev–Trinajstić information content (AvgIpc) is 3.59. The van der Waals surface area contributed by atoms with Crippen LogP contribution in [0.25, 0.3) is 67.5 Å². The second kappa shape index (κ2) is 13.4. The van der Waals surface area contributed by atoms with E-state index in [1.54, 1.807) is 0 Å². The minimum Gasteiger partial charge on any atom is -0.457 e. The highest BCUT2D eigenvalue weighted by Gasteiger charge is 2.51. The lowest BCUT2D eigenvalue weighted by molar-refractivity contribution is 0.436. The molecule has 0 fully saturated rings. The van der Waals surface area contributed by atoms with Gasteiger partial charge in [-0.15, -0.1) is 0 Å². The Balaban J connectivity index is 1.16. The molecule has 5 heteroatoms. The lowest BCUT2D eigenvalue weighted by Gasteiger charge is -2.39. The van der Waals surface area contributed by atoms with E-state index in [4.69, 9.17) is 19.7 Å². The summed E-state index contributed by atoms with van der Waals surface area (Å²) >= 11 is 0. The van der Waals surface area contributed by atoms with Gasteiger partial charge in [0.15, 0.2) is 17.5 Å². The summed E-state index contributed by atoms with van der Waals surface area (Å²) in [4.78, 5) is 15.2. The molecule has 0 unspecified atom stereocenters. The van der Waals surface area contributed by atoms with Crippen LogP contribution >= 0.6 is 0 Å². The van der Waals surface area contributed by atoms with Crippen LogP contribution in [-0.2, 0) is 5.41 Å². The third-order valence-corrected chi connectivity index (χ3v) is 11.4. The van der Waals surface area contributed by atoms with Gasteiger partial charge in [-0.1, -0.05) is 146 Å². The van der Waals surface area contributed by atoms with Crippen LogP contribution in [0.4, 0.5) is 0 Å². The number of fused-ring (bicyclic) bond motifs is 9. The van der Waals surface area contributed by atoms with Crippen molar-refractivity contribution in [2.45, 2.75) is 5.41 Å². The smallest absolute Gasteiger partial charge is 0.164 e. The molecule has 9 aromatic rings. The van der Waals surface area contributed by atoms with Gasteiger partial charge in [0.2, 0.25) is 0 Å². The van der Waals surface area contributed by atoms with E-state index >= 15 is 0 Å². The van der Waals surface area contributed by atoms with Crippen molar-refractivity contribution in [1.82, 2.24) is 15.0 Å². The van der Waals surface area contributed by atoms with E-state index in [-0.39, 0.29) is 0 Å². The van der Waals surface area contributed by atoms with Crippen molar-refractivity contribution in [3.63, 3.8) is 0 Å². The van der Waals surface area contributed by atoms with E-state index < -0.39 is 5.41 Å². The number of hydrogen-bond acceptors (Lipinski definition) is 5. The average molecular weight is 741 g/mol. The van der Waals surface area contributed by atoms with E-state index in [1.807, 2.05) is 97.1 Å².